The molecule has 1 amide bonds. The normalized spacial score (nSPS) is 18.9. The molecule has 0 radical (unpaired) electrons. The maximum absolute atomic E-state index is 12.8. The van der Waals surface area contributed by atoms with Crippen LogP contribution in [0, 0.1) is 0 Å². The zero-order valence-corrected chi connectivity index (χ0v) is 15.7. The number of amides is 1. The fraction of sp³-hybridized carbons (Fsp3) is 0.333. The number of aromatic nitrogens is 1. The number of carbonyl (C=O) groups is 1. The predicted molar refractivity (Wildman–Crippen MR) is 94.9 cm³/mol. The Bertz CT molecular complexity index is 948. The number of hydrogen-bond donors (Lipinski definition) is 0. The van der Waals surface area contributed by atoms with Crippen LogP contribution in [0.1, 0.15) is 23.0 Å². The molecule has 1 fully saturated rings. The fourth-order valence-corrected chi connectivity index (χ4v) is 4.56. The molecule has 1 aromatic carbocycles. The lowest BCUT2D eigenvalue weighted by atomic mass is 10.2. The SMILES string of the molecule is C[C@H]1CN(S(=O)(=O)c2ccc(C(F)(F)F)cc2)CCN1C(=O)c1ccccn1. The van der Waals surface area contributed by atoms with Gasteiger partial charge in [-0.3, -0.25) is 9.78 Å². The predicted octanol–water partition coefficient (Wildman–Crippen LogP) is 2.64. The van der Waals surface area contributed by atoms with Crippen LogP contribution in [0.25, 0.3) is 0 Å². The fourth-order valence-electron chi connectivity index (χ4n) is 3.05. The second kappa shape index (κ2) is 7.51. The molecule has 1 saturated heterocycles. The van der Waals surface area contributed by atoms with Crippen LogP contribution >= 0.6 is 0 Å². The molecule has 150 valence electrons. The van der Waals surface area contributed by atoms with E-state index in [2.05, 4.69) is 4.98 Å². The molecule has 10 heteroatoms. The third kappa shape index (κ3) is 4.02. The molecule has 0 bridgehead atoms. The summed E-state index contributed by atoms with van der Waals surface area (Å²) < 4.78 is 64.8. The van der Waals surface area contributed by atoms with Crippen molar-refractivity contribution in [2.45, 2.75) is 24.0 Å². The van der Waals surface area contributed by atoms with E-state index in [9.17, 15) is 26.4 Å². The monoisotopic (exact) mass is 413 g/mol. The molecule has 0 spiro atoms. The molecule has 1 aliphatic heterocycles. The molecule has 0 unspecified atom stereocenters. The highest BCUT2D eigenvalue weighted by atomic mass is 32.2. The summed E-state index contributed by atoms with van der Waals surface area (Å²) >= 11 is 0. The van der Waals surface area contributed by atoms with Crippen molar-refractivity contribution < 1.29 is 26.4 Å². The number of nitrogens with zero attached hydrogens (tertiary/aromatic N) is 3. The topological polar surface area (TPSA) is 70.6 Å². The van der Waals surface area contributed by atoms with E-state index in [0.29, 0.717) is 0 Å². The number of halogens is 3. The van der Waals surface area contributed by atoms with E-state index >= 15 is 0 Å². The number of benzene rings is 1. The number of alkyl halides is 3. The molecule has 3 rings (SSSR count). The largest absolute Gasteiger partial charge is 0.416 e. The highest BCUT2D eigenvalue weighted by molar-refractivity contribution is 7.89. The van der Waals surface area contributed by atoms with E-state index in [1.54, 1.807) is 30.0 Å². The van der Waals surface area contributed by atoms with Crippen LogP contribution < -0.4 is 0 Å². The lowest BCUT2D eigenvalue weighted by molar-refractivity contribution is -0.137. The maximum Gasteiger partial charge on any atom is 0.416 e. The van der Waals surface area contributed by atoms with Gasteiger partial charge in [-0.2, -0.15) is 17.5 Å². The van der Waals surface area contributed by atoms with Gasteiger partial charge in [-0.05, 0) is 43.3 Å². The first kappa shape index (κ1) is 20.3. The zero-order chi connectivity index (χ0) is 20.5. The van der Waals surface area contributed by atoms with Crippen molar-refractivity contribution in [2.24, 2.45) is 0 Å². The standard InChI is InChI=1S/C18H18F3N3O3S/c1-13-12-23(10-11-24(13)17(25)16-4-2-3-9-22-16)28(26,27)15-7-5-14(6-8-15)18(19,20)21/h2-9,13H,10-12H2,1H3/t13-/m0/s1. The van der Waals surface area contributed by atoms with E-state index in [4.69, 9.17) is 0 Å². The van der Waals surface area contributed by atoms with Crippen LogP contribution in [0.5, 0.6) is 0 Å². The second-order valence-corrected chi connectivity index (χ2v) is 8.39. The minimum atomic E-state index is -4.53. The Morgan fingerprint density at radius 1 is 1.11 bits per heavy atom. The first-order valence-electron chi connectivity index (χ1n) is 8.50. The summed E-state index contributed by atoms with van der Waals surface area (Å²) in [6.07, 6.45) is -3.03. The minimum Gasteiger partial charge on any atom is -0.332 e. The van der Waals surface area contributed by atoms with Crippen molar-refractivity contribution in [3.8, 4) is 0 Å². The number of rotatable bonds is 3. The Morgan fingerprint density at radius 2 is 1.79 bits per heavy atom. The van der Waals surface area contributed by atoms with E-state index in [1.165, 1.54) is 10.5 Å². The molecular formula is C18H18F3N3O3S. The van der Waals surface area contributed by atoms with Gasteiger partial charge in [-0.15, -0.1) is 0 Å². The summed E-state index contributed by atoms with van der Waals surface area (Å²) in [5.74, 6) is -0.292. The molecule has 2 aromatic rings. The smallest absolute Gasteiger partial charge is 0.332 e. The van der Waals surface area contributed by atoms with Crippen LogP contribution in [-0.4, -0.2) is 54.2 Å². The van der Waals surface area contributed by atoms with Gasteiger partial charge in [0.2, 0.25) is 10.0 Å². The Labute approximate surface area is 160 Å². The van der Waals surface area contributed by atoms with Gasteiger partial charge >= 0.3 is 6.18 Å². The molecule has 6 nitrogen and oxygen atoms in total. The maximum atomic E-state index is 12.8. The van der Waals surface area contributed by atoms with Crippen molar-refractivity contribution in [1.82, 2.24) is 14.2 Å². The number of hydrogen-bond acceptors (Lipinski definition) is 4. The van der Waals surface area contributed by atoms with Crippen molar-refractivity contribution in [1.29, 1.82) is 0 Å². The quantitative estimate of drug-likeness (QED) is 0.776. The van der Waals surface area contributed by atoms with Gasteiger partial charge in [0, 0.05) is 31.9 Å². The third-order valence-electron chi connectivity index (χ3n) is 4.55. The van der Waals surface area contributed by atoms with Crippen LogP contribution in [0.2, 0.25) is 0 Å². The van der Waals surface area contributed by atoms with E-state index < -0.39 is 27.8 Å². The Balaban J connectivity index is 1.74. The van der Waals surface area contributed by atoms with Crippen LogP contribution in [0.3, 0.4) is 0 Å². The van der Waals surface area contributed by atoms with Gasteiger partial charge in [0.25, 0.3) is 5.91 Å². The minimum absolute atomic E-state index is 0.0436. The van der Waals surface area contributed by atoms with E-state index in [0.717, 1.165) is 24.3 Å². The van der Waals surface area contributed by atoms with E-state index in [-0.39, 0.29) is 36.1 Å². The third-order valence-corrected chi connectivity index (χ3v) is 6.43. The van der Waals surface area contributed by atoms with Crippen LogP contribution in [0.15, 0.2) is 53.6 Å². The van der Waals surface area contributed by atoms with Crippen molar-refractivity contribution in [3.63, 3.8) is 0 Å². The van der Waals surface area contributed by atoms with Gasteiger partial charge in [-0.1, -0.05) is 6.07 Å². The van der Waals surface area contributed by atoms with Gasteiger partial charge in [-0.25, -0.2) is 8.42 Å². The van der Waals surface area contributed by atoms with Gasteiger partial charge in [0.05, 0.1) is 10.5 Å². The summed E-state index contributed by atoms with van der Waals surface area (Å²) in [4.78, 5) is 17.9. The average molecular weight is 413 g/mol. The summed E-state index contributed by atoms with van der Waals surface area (Å²) in [5.41, 5.74) is -0.640. The van der Waals surface area contributed by atoms with Gasteiger partial charge in [0.1, 0.15) is 5.69 Å². The summed E-state index contributed by atoms with van der Waals surface area (Å²) in [7, 11) is -3.96. The Morgan fingerprint density at radius 3 is 2.32 bits per heavy atom. The summed E-state index contributed by atoms with van der Waals surface area (Å²) in [5, 5.41) is 0. The van der Waals surface area contributed by atoms with Crippen molar-refractivity contribution in [3.05, 3.63) is 59.9 Å². The van der Waals surface area contributed by atoms with Gasteiger partial charge in [0.15, 0.2) is 0 Å². The second-order valence-electron chi connectivity index (χ2n) is 6.45. The highest BCUT2D eigenvalue weighted by Gasteiger charge is 2.36. The van der Waals surface area contributed by atoms with Crippen LogP contribution in [-0.2, 0) is 16.2 Å². The summed E-state index contributed by atoms with van der Waals surface area (Å²) in [6, 6.07) is 7.95. The molecule has 28 heavy (non-hydrogen) atoms. The number of sulfonamides is 1. The number of piperazine rings is 1. The van der Waals surface area contributed by atoms with Crippen LogP contribution in [0.4, 0.5) is 13.2 Å². The number of carbonyl (C=O) groups excluding carboxylic acids is 1. The molecule has 0 saturated carbocycles. The summed E-state index contributed by atoms with van der Waals surface area (Å²) in [6.45, 7) is 1.97. The van der Waals surface area contributed by atoms with E-state index in [1.807, 2.05) is 0 Å². The lowest BCUT2D eigenvalue weighted by Gasteiger charge is -2.39. The Hall–Kier alpha value is -2.46. The first-order chi connectivity index (χ1) is 13.1. The lowest BCUT2D eigenvalue weighted by Crippen LogP contribution is -2.55. The highest BCUT2D eigenvalue weighted by Crippen LogP contribution is 2.30. The van der Waals surface area contributed by atoms with Crippen molar-refractivity contribution >= 4 is 15.9 Å². The molecule has 2 heterocycles. The average Bonchev–Trinajstić information content (AvgIpc) is 2.67. The molecule has 1 aromatic heterocycles. The molecular weight excluding hydrogens is 395 g/mol. The zero-order valence-electron chi connectivity index (χ0n) is 14.9. The van der Waals surface area contributed by atoms with Crippen molar-refractivity contribution in [2.75, 3.05) is 19.6 Å². The Kier molecular flexibility index (Phi) is 5.44. The first-order valence-corrected chi connectivity index (χ1v) is 9.94. The number of pyridine rings is 1. The van der Waals surface area contributed by atoms with Gasteiger partial charge < -0.3 is 4.90 Å². The molecule has 1 aliphatic rings. The molecule has 1 atom stereocenters. The molecule has 0 N–H and O–H groups in total. The molecule has 0 aliphatic carbocycles.